The highest BCUT2D eigenvalue weighted by atomic mass is 79.9. The van der Waals surface area contributed by atoms with Crippen molar-refractivity contribution in [3.05, 3.63) is 76.5 Å². The van der Waals surface area contributed by atoms with E-state index in [0.29, 0.717) is 11.6 Å². The van der Waals surface area contributed by atoms with Crippen LogP contribution in [0, 0.1) is 6.92 Å². The Morgan fingerprint density at radius 1 is 1.12 bits per heavy atom. The van der Waals surface area contributed by atoms with Crippen LogP contribution in [0.15, 0.2) is 65.3 Å². The Balaban J connectivity index is 1.81. The molecule has 1 amide bonds. The second-order valence-electron chi connectivity index (χ2n) is 5.55. The molecule has 0 fully saturated rings. The van der Waals surface area contributed by atoms with Crippen LogP contribution in [0.2, 0.25) is 0 Å². The number of hydrogen-bond acceptors (Lipinski definition) is 4. The molecule has 0 saturated carbocycles. The molecular weight excluding hydrogens is 380 g/mol. The number of aryl methyl sites for hydroxylation is 1. The van der Waals surface area contributed by atoms with Gasteiger partial charge in [0.15, 0.2) is 0 Å². The number of halogens is 1. The Morgan fingerprint density at radius 2 is 1.88 bits per heavy atom. The van der Waals surface area contributed by atoms with E-state index in [0.717, 1.165) is 21.4 Å². The zero-order valence-corrected chi connectivity index (χ0v) is 15.5. The van der Waals surface area contributed by atoms with Crippen molar-refractivity contribution in [1.29, 1.82) is 0 Å². The Hall–Kier alpha value is -2.73. The molecule has 1 N–H and O–H groups in total. The smallest absolute Gasteiger partial charge is 0.276 e. The first-order valence-corrected chi connectivity index (χ1v) is 8.53. The fourth-order valence-electron chi connectivity index (χ4n) is 2.33. The van der Waals surface area contributed by atoms with Gasteiger partial charge in [-0.2, -0.15) is 0 Å². The van der Waals surface area contributed by atoms with Crippen molar-refractivity contribution < 1.29 is 4.79 Å². The minimum atomic E-state index is -0.191. The lowest BCUT2D eigenvalue weighted by atomic mass is 10.2. The van der Waals surface area contributed by atoms with Crippen LogP contribution < -0.4 is 10.2 Å². The summed E-state index contributed by atoms with van der Waals surface area (Å²) in [4.78, 5) is 22.8. The summed E-state index contributed by atoms with van der Waals surface area (Å²) in [6, 6.07) is 16.9. The lowest BCUT2D eigenvalue weighted by Crippen LogP contribution is -2.27. The van der Waals surface area contributed by atoms with Gasteiger partial charge in [0.1, 0.15) is 5.69 Å². The van der Waals surface area contributed by atoms with Crippen LogP contribution >= 0.6 is 15.9 Å². The van der Waals surface area contributed by atoms with Crippen molar-refractivity contribution in [1.82, 2.24) is 9.97 Å². The van der Waals surface area contributed by atoms with E-state index in [9.17, 15) is 4.79 Å². The summed E-state index contributed by atoms with van der Waals surface area (Å²) in [5.41, 5.74) is 3.10. The van der Waals surface area contributed by atoms with Gasteiger partial charge in [0, 0.05) is 29.1 Å². The average Bonchev–Trinajstić information content (AvgIpc) is 2.64. The summed E-state index contributed by atoms with van der Waals surface area (Å²) in [6.07, 6.45) is 1.58. The molecule has 1 heterocycles. The van der Waals surface area contributed by atoms with Gasteiger partial charge in [-0.05, 0) is 48.9 Å². The maximum atomic E-state index is 12.7. The number of rotatable bonds is 4. The third-order valence-electron chi connectivity index (χ3n) is 3.74. The highest BCUT2D eigenvalue weighted by Gasteiger charge is 2.15. The van der Waals surface area contributed by atoms with Crippen molar-refractivity contribution in [2.45, 2.75) is 6.92 Å². The number of hydrogen-bond donors (Lipinski definition) is 1. The number of carbonyl (C=O) groups is 1. The van der Waals surface area contributed by atoms with Crippen LogP contribution in [0.4, 0.5) is 17.3 Å². The number of para-hydroxylation sites is 1. The fourth-order valence-corrected chi connectivity index (χ4v) is 2.58. The Kier molecular flexibility index (Phi) is 5.09. The first kappa shape index (κ1) is 17.1. The molecule has 3 aromatic rings. The van der Waals surface area contributed by atoms with E-state index in [2.05, 4.69) is 31.2 Å². The van der Waals surface area contributed by atoms with Crippen LogP contribution in [0.3, 0.4) is 0 Å². The Bertz CT molecular complexity index is 899. The molecule has 0 radical (unpaired) electrons. The Morgan fingerprint density at radius 3 is 2.60 bits per heavy atom. The van der Waals surface area contributed by atoms with E-state index >= 15 is 0 Å². The van der Waals surface area contributed by atoms with Crippen LogP contribution in [-0.2, 0) is 0 Å². The zero-order valence-electron chi connectivity index (χ0n) is 13.9. The molecule has 0 atom stereocenters. The number of nitrogens with zero attached hydrogens (tertiary/aromatic N) is 3. The molecule has 6 heteroatoms. The third kappa shape index (κ3) is 4.03. The van der Waals surface area contributed by atoms with Crippen LogP contribution in [-0.4, -0.2) is 22.9 Å². The highest BCUT2D eigenvalue weighted by molar-refractivity contribution is 9.10. The standard InChI is InChI=1S/C19H17BrN4O/c1-13-12-14(8-9-16(13)20)22-19-21-11-10-17(23-19)18(25)24(2)15-6-4-3-5-7-15/h3-12H,1-2H3,(H,21,22,23). The van der Waals surface area contributed by atoms with Gasteiger partial charge in [0.2, 0.25) is 5.95 Å². The first-order valence-electron chi connectivity index (χ1n) is 7.74. The molecule has 0 saturated heterocycles. The van der Waals surface area contributed by atoms with Gasteiger partial charge >= 0.3 is 0 Å². The van der Waals surface area contributed by atoms with Gasteiger partial charge in [0.05, 0.1) is 0 Å². The number of nitrogens with one attached hydrogen (secondary N) is 1. The molecule has 3 rings (SSSR count). The summed E-state index contributed by atoms with van der Waals surface area (Å²) in [7, 11) is 1.73. The topological polar surface area (TPSA) is 58.1 Å². The molecule has 0 unspecified atom stereocenters. The van der Waals surface area contributed by atoms with Gasteiger partial charge in [-0.1, -0.05) is 34.1 Å². The molecule has 0 bridgehead atoms. The maximum Gasteiger partial charge on any atom is 0.276 e. The van der Waals surface area contributed by atoms with Crippen LogP contribution in [0.5, 0.6) is 0 Å². The van der Waals surface area contributed by atoms with Crippen molar-refractivity contribution in [2.75, 3.05) is 17.3 Å². The van der Waals surface area contributed by atoms with Crippen LogP contribution in [0.25, 0.3) is 0 Å². The minimum Gasteiger partial charge on any atom is -0.324 e. The van der Waals surface area contributed by atoms with Gasteiger partial charge in [-0.3, -0.25) is 4.79 Å². The first-order chi connectivity index (χ1) is 12.0. The van der Waals surface area contributed by atoms with Crippen molar-refractivity contribution in [3.8, 4) is 0 Å². The average molecular weight is 397 g/mol. The fraction of sp³-hybridized carbons (Fsp3) is 0.105. The number of carbonyl (C=O) groups excluding carboxylic acids is 1. The zero-order chi connectivity index (χ0) is 17.8. The van der Waals surface area contributed by atoms with Gasteiger partial charge in [-0.25, -0.2) is 9.97 Å². The Labute approximate surface area is 154 Å². The number of benzene rings is 2. The second kappa shape index (κ2) is 7.44. The predicted molar refractivity (Wildman–Crippen MR) is 103 cm³/mol. The van der Waals surface area contributed by atoms with Gasteiger partial charge in [0.25, 0.3) is 5.91 Å². The van der Waals surface area contributed by atoms with E-state index in [-0.39, 0.29) is 5.91 Å². The molecule has 25 heavy (non-hydrogen) atoms. The van der Waals surface area contributed by atoms with E-state index in [1.54, 1.807) is 24.2 Å². The molecule has 0 aliphatic rings. The normalized spacial score (nSPS) is 10.4. The second-order valence-corrected chi connectivity index (χ2v) is 6.41. The largest absolute Gasteiger partial charge is 0.324 e. The maximum absolute atomic E-state index is 12.7. The number of anilines is 3. The molecule has 1 aromatic heterocycles. The summed E-state index contributed by atoms with van der Waals surface area (Å²) in [5, 5.41) is 3.13. The lowest BCUT2D eigenvalue weighted by Gasteiger charge is -2.17. The third-order valence-corrected chi connectivity index (χ3v) is 4.63. The monoisotopic (exact) mass is 396 g/mol. The molecule has 2 aromatic carbocycles. The molecule has 0 aliphatic carbocycles. The molecule has 0 aliphatic heterocycles. The molecule has 5 nitrogen and oxygen atoms in total. The minimum absolute atomic E-state index is 0.191. The molecule has 126 valence electrons. The van der Waals surface area contributed by atoms with E-state index in [1.165, 1.54) is 0 Å². The summed E-state index contributed by atoms with van der Waals surface area (Å²) in [5.74, 6) is 0.192. The van der Waals surface area contributed by atoms with E-state index in [1.807, 2.05) is 55.5 Å². The van der Waals surface area contributed by atoms with E-state index in [4.69, 9.17) is 0 Å². The number of aromatic nitrogens is 2. The van der Waals surface area contributed by atoms with Crippen molar-refractivity contribution in [3.63, 3.8) is 0 Å². The summed E-state index contributed by atoms with van der Waals surface area (Å²) in [6.45, 7) is 2.00. The van der Waals surface area contributed by atoms with Crippen LogP contribution in [0.1, 0.15) is 16.1 Å². The summed E-state index contributed by atoms with van der Waals surface area (Å²) < 4.78 is 1.03. The molecular formula is C19H17BrN4O. The summed E-state index contributed by atoms with van der Waals surface area (Å²) >= 11 is 3.47. The van der Waals surface area contributed by atoms with Crippen molar-refractivity contribution >= 4 is 39.2 Å². The quantitative estimate of drug-likeness (QED) is 0.701. The number of amides is 1. The van der Waals surface area contributed by atoms with Crippen molar-refractivity contribution in [2.24, 2.45) is 0 Å². The predicted octanol–water partition coefficient (Wildman–Crippen LogP) is 4.57. The van der Waals surface area contributed by atoms with Gasteiger partial charge < -0.3 is 10.2 Å². The lowest BCUT2D eigenvalue weighted by molar-refractivity contribution is 0.0988. The van der Waals surface area contributed by atoms with Gasteiger partial charge in [-0.15, -0.1) is 0 Å². The molecule has 0 spiro atoms. The highest BCUT2D eigenvalue weighted by Crippen LogP contribution is 2.22. The SMILES string of the molecule is Cc1cc(Nc2nccc(C(=O)N(C)c3ccccc3)n2)ccc1Br. The van der Waals surface area contributed by atoms with E-state index < -0.39 is 0 Å².